The quantitative estimate of drug-likeness (QED) is 0.248. The highest BCUT2D eigenvalue weighted by Gasteiger charge is 2.11. The van der Waals surface area contributed by atoms with E-state index in [0.717, 1.165) is 24.2 Å². The molecule has 29 heavy (non-hydrogen) atoms. The maximum atomic E-state index is 4.69. The molecule has 1 aliphatic heterocycles. The largest absolute Gasteiger partial charge is 0.353 e. The summed E-state index contributed by atoms with van der Waals surface area (Å²) in [6.07, 6.45) is 4.47. The van der Waals surface area contributed by atoms with E-state index in [0.29, 0.717) is 19.6 Å². The lowest BCUT2D eigenvalue weighted by atomic mass is 10.1. The minimum Gasteiger partial charge on any atom is -0.353 e. The Balaban J connectivity index is 0.00000300. The lowest BCUT2D eigenvalue weighted by Crippen LogP contribution is -2.37. The van der Waals surface area contributed by atoms with Gasteiger partial charge in [-0.25, -0.2) is 4.99 Å². The molecule has 1 saturated heterocycles. The van der Waals surface area contributed by atoms with Crippen molar-refractivity contribution in [2.75, 3.05) is 19.6 Å². The van der Waals surface area contributed by atoms with Crippen molar-refractivity contribution in [3.8, 4) is 0 Å². The molecule has 0 saturated carbocycles. The number of rotatable bonds is 8. The third-order valence-electron chi connectivity index (χ3n) is 5.06. The number of aryl methyl sites for hydroxylation is 1. The van der Waals surface area contributed by atoms with Crippen molar-refractivity contribution in [1.29, 1.82) is 0 Å². The van der Waals surface area contributed by atoms with E-state index in [1.807, 2.05) is 24.6 Å². The van der Waals surface area contributed by atoms with Gasteiger partial charge >= 0.3 is 0 Å². The second-order valence-corrected chi connectivity index (χ2v) is 7.21. The molecule has 0 atom stereocenters. The topological polar surface area (TPSA) is 70.4 Å². The molecule has 0 aliphatic carbocycles. The maximum Gasteiger partial charge on any atom is 0.192 e. The first-order chi connectivity index (χ1) is 13.7. The van der Waals surface area contributed by atoms with Gasteiger partial charge in [0.15, 0.2) is 11.8 Å². The molecule has 2 N–H and O–H groups in total. The third-order valence-corrected chi connectivity index (χ3v) is 5.06. The fourth-order valence-electron chi connectivity index (χ4n) is 3.23. The van der Waals surface area contributed by atoms with Crippen LogP contribution in [0.5, 0.6) is 0 Å². The van der Waals surface area contributed by atoms with Crippen LogP contribution in [-0.4, -0.2) is 45.3 Å². The summed E-state index contributed by atoms with van der Waals surface area (Å²) in [5.41, 5.74) is 2.56. The molecule has 2 aromatic rings. The molecule has 0 spiro atoms. The van der Waals surface area contributed by atoms with Crippen LogP contribution in [0.4, 0.5) is 0 Å². The van der Waals surface area contributed by atoms with Gasteiger partial charge in [-0.15, -0.1) is 40.8 Å². The molecule has 8 heteroatoms. The van der Waals surface area contributed by atoms with Crippen LogP contribution in [-0.2, 0) is 26.7 Å². The van der Waals surface area contributed by atoms with Crippen molar-refractivity contribution >= 4 is 29.9 Å². The molecule has 0 unspecified atom stereocenters. The lowest BCUT2D eigenvalue weighted by Gasteiger charge is -2.14. The molecule has 0 bridgehead atoms. The van der Waals surface area contributed by atoms with Crippen LogP contribution in [0.25, 0.3) is 0 Å². The Bertz CT molecular complexity index is 792. The molecule has 3 rings (SSSR count). The van der Waals surface area contributed by atoms with Crippen molar-refractivity contribution in [2.45, 2.75) is 39.4 Å². The van der Waals surface area contributed by atoms with Gasteiger partial charge in [0.1, 0.15) is 5.82 Å². The summed E-state index contributed by atoms with van der Waals surface area (Å²) < 4.78 is 1.97. The lowest BCUT2D eigenvalue weighted by molar-refractivity contribution is 0.331. The monoisotopic (exact) mass is 509 g/mol. The van der Waals surface area contributed by atoms with E-state index in [4.69, 9.17) is 4.99 Å². The zero-order valence-electron chi connectivity index (χ0n) is 17.4. The molecule has 7 nitrogen and oxygen atoms in total. The van der Waals surface area contributed by atoms with Crippen molar-refractivity contribution < 1.29 is 0 Å². The summed E-state index contributed by atoms with van der Waals surface area (Å²) in [6, 6.07) is 8.78. The van der Waals surface area contributed by atoms with Crippen molar-refractivity contribution in [3.05, 3.63) is 59.7 Å². The average molecular weight is 509 g/mol. The van der Waals surface area contributed by atoms with Crippen molar-refractivity contribution in [2.24, 2.45) is 12.0 Å². The Kier molecular flexibility index (Phi) is 9.59. The number of aliphatic imine (C=N–C) groups is 1. The molecule has 2 heterocycles. The Morgan fingerprint density at radius 3 is 2.45 bits per heavy atom. The van der Waals surface area contributed by atoms with Crippen LogP contribution in [0.1, 0.15) is 35.6 Å². The van der Waals surface area contributed by atoms with E-state index < -0.39 is 0 Å². The summed E-state index contributed by atoms with van der Waals surface area (Å²) in [6.45, 7) is 11.0. The summed E-state index contributed by atoms with van der Waals surface area (Å²) in [7, 11) is 1.96. The van der Waals surface area contributed by atoms with E-state index in [1.165, 1.54) is 37.1 Å². The molecule has 1 aromatic carbocycles. The van der Waals surface area contributed by atoms with Crippen LogP contribution in [0.15, 0.2) is 41.9 Å². The molecule has 158 valence electrons. The highest BCUT2D eigenvalue weighted by atomic mass is 127. The van der Waals surface area contributed by atoms with Crippen LogP contribution in [0, 0.1) is 6.92 Å². The van der Waals surface area contributed by atoms with E-state index in [-0.39, 0.29) is 24.0 Å². The Morgan fingerprint density at radius 2 is 1.83 bits per heavy atom. The first-order valence-corrected chi connectivity index (χ1v) is 9.94. The number of likely N-dealkylation sites (tertiary alicyclic amines) is 1. The van der Waals surface area contributed by atoms with Gasteiger partial charge in [-0.2, -0.15) is 0 Å². The number of benzene rings is 1. The molecule has 1 fully saturated rings. The van der Waals surface area contributed by atoms with Crippen LogP contribution in [0.3, 0.4) is 0 Å². The highest BCUT2D eigenvalue weighted by molar-refractivity contribution is 14.0. The minimum atomic E-state index is 0. The smallest absolute Gasteiger partial charge is 0.192 e. The van der Waals surface area contributed by atoms with Gasteiger partial charge < -0.3 is 15.2 Å². The number of aromatic nitrogens is 3. The summed E-state index contributed by atoms with van der Waals surface area (Å²) in [4.78, 5) is 7.21. The number of nitrogens with zero attached hydrogens (tertiary/aromatic N) is 5. The van der Waals surface area contributed by atoms with E-state index in [9.17, 15) is 0 Å². The van der Waals surface area contributed by atoms with Crippen molar-refractivity contribution in [1.82, 2.24) is 30.3 Å². The van der Waals surface area contributed by atoms with Gasteiger partial charge in [0.05, 0.1) is 13.1 Å². The predicted octanol–water partition coefficient (Wildman–Crippen LogP) is 2.76. The van der Waals surface area contributed by atoms with Gasteiger partial charge in [-0.05, 0) is 44.0 Å². The van der Waals surface area contributed by atoms with Gasteiger partial charge in [0.25, 0.3) is 0 Å². The minimum absolute atomic E-state index is 0. The van der Waals surface area contributed by atoms with Crippen LogP contribution >= 0.6 is 24.0 Å². The summed E-state index contributed by atoms with van der Waals surface area (Å²) in [5, 5.41) is 14.8. The van der Waals surface area contributed by atoms with Gasteiger partial charge in [-0.3, -0.25) is 4.90 Å². The molecular formula is C21H32IN7. The zero-order valence-corrected chi connectivity index (χ0v) is 19.7. The number of guanidine groups is 1. The van der Waals surface area contributed by atoms with Gasteiger partial charge in [0, 0.05) is 20.1 Å². The Hall–Kier alpha value is -1.94. The molecule has 1 aromatic heterocycles. The summed E-state index contributed by atoms with van der Waals surface area (Å²) in [5.74, 6) is 2.50. The maximum absolute atomic E-state index is 4.69. The number of hydrogen-bond donors (Lipinski definition) is 2. The standard InChI is InChI=1S/C21H31N7.HI/c1-4-11-22-21(24-15-20-26-25-17(2)27(20)3)23-14-18-7-9-19(10-8-18)16-28-12-5-6-13-28;/h4,7-10H,1,5-6,11-16H2,2-3H3,(H2,22,23,24);1H. The molecular weight excluding hydrogens is 477 g/mol. The van der Waals surface area contributed by atoms with E-state index in [2.05, 4.69) is 56.6 Å². The highest BCUT2D eigenvalue weighted by Crippen LogP contribution is 2.13. The summed E-state index contributed by atoms with van der Waals surface area (Å²) >= 11 is 0. The van der Waals surface area contributed by atoms with Gasteiger partial charge in [0.2, 0.25) is 0 Å². The zero-order chi connectivity index (χ0) is 19.8. The Morgan fingerprint density at radius 1 is 1.14 bits per heavy atom. The normalized spacial score (nSPS) is 14.5. The molecule has 0 amide bonds. The molecule has 0 radical (unpaired) electrons. The number of halogens is 1. The first kappa shape index (κ1) is 23.3. The number of hydrogen-bond acceptors (Lipinski definition) is 4. The van der Waals surface area contributed by atoms with E-state index >= 15 is 0 Å². The van der Waals surface area contributed by atoms with E-state index in [1.54, 1.807) is 0 Å². The Labute approximate surface area is 190 Å². The SMILES string of the molecule is C=CCNC(=NCc1ccc(CN2CCCC2)cc1)NCc1nnc(C)n1C.I. The van der Waals surface area contributed by atoms with Gasteiger partial charge in [-0.1, -0.05) is 30.3 Å². The van der Waals surface area contributed by atoms with Crippen LogP contribution < -0.4 is 10.6 Å². The second-order valence-electron chi connectivity index (χ2n) is 7.21. The second kappa shape index (κ2) is 11.9. The predicted molar refractivity (Wildman–Crippen MR) is 128 cm³/mol. The fourth-order valence-corrected chi connectivity index (χ4v) is 3.23. The van der Waals surface area contributed by atoms with Crippen molar-refractivity contribution in [3.63, 3.8) is 0 Å². The number of nitrogens with one attached hydrogen (secondary N) is 2. The first-order valence-electron chi connectivity index (χ1n) is 9.94. The van der Waals surface area contributed by atoms with Crippen LogP contribution in [0.2, 0.25) is 0 Å². The molecule has 1 aliphatic rings. The average Bonchev–Trinajstić information content (AvgIpc) is 3.33. The third kappa shape index (κ3) is 7.11. The fraction of sp³-hybridized carbons (Fsp3) is 0.476.